The van der Waals surface area contributed by atoms with Crippen molar-refractivity contribution >= 4 is 12.1 Å². The van der Waals surface area contributed by atoms with E-state index in [1.165, 1.54) is 0 Å². The number of carbonyl (C=O) groups is 2. The molecule has 1 heterocycles. The van der Waals surface area contributed by atoms with Gasteiger partial charge in [-0.15, -0.1) is 5.10 Å². The van der Waals surface area contributed by atoms with E-state index >= 15 is 0 Å². The van der Waals surface area contributed by atoms with Gasteiger partial charge in [0.25, 0.3) is 0 Å². The third-order valence-corrected chi connectivity index (χ3v) is 11.3. The lowest BCUT2D eigenvalue weighted by atomic mass is 9.77. The summed E-state index contributed by atoms with van der Waals surface area (Å²) >= 11 is 0. The molecule has 1 aromatic heterocycles. The van der Waals surface area contributed by atoms with E-state index in [1.54, 1.807) is 0 Å². The number of tetrazole rings is 1. The van der Waals surface area contributed by atoms with E-state index in [0.29, 0.717) is 38.2 Å². The van der Waals surface area contributed by atoms with Crippen LogP contribution in [0.15, 0.2) is 200 Å². The Hall–Kier alpha value is -7.69. The van der Waals surface area contributed by atoms with E-state index in [2.05, 4.69) is 88.6 Å². The quantitative estimate of drug-likeness (QED) is 0.0469. The first-order valence-electron chi connectivity index (χ1n) is 21.6. The molecule has 8 aromatic rings. The van der Waals surface area contributed by atoms with Gasteiger partial charge in [-0.25, -0.2) is 9.48 Å². The third-order valence-electron chi connectivity index (χ3n) is 11.3. The third kappa shape index (κ3) is 10.3. The van der Waals surface area contributed by atoms with Gasteiger partial charge in [0.2, 0.25) is 0 Å². The Morgan fingerprint density at radius 1 is 0.547 bits per heavy atom. The van der Waals surface area contributed by atoms with Crippen molar-refractivity contribution in [2.24, 2.45) is 0 Å². The van der Waals surface area contributed by atoms with E-state index in [4.69, 9.17) is 19.8 Å². The summed E-state index contributed by atoms with van der Waals surface area (Å²) in [6.45, 7) is 1.27. The zero-order chi connectivity index (χ0) is 43.8. The minimum Gasteiger partial charge on any atom is -0.460 e. The molecule has 0 aliphatic heterocycles. The number of alkyl carbamates (subject to hydrolysis) is 1. The van der Waals surface area contributed by atoms with Crippen LogP contribution < -0.4 is 10.6 Å². The van der Waals surface area contributed by atoms with Crippen molar-refractivity contribution in [2.45, 2.75) is 50.6 Å². The molecule has 0 aliphatic rings. The standard InChI is InChI=1S/C54H50N6O4/c61-52(63-39-42-20-6-1-7-21-42)50(32-18-19-37-55-53(62)64-40-43-22-8-2-9-23-43)56-38-41-33-35-44(36-34-41)48-30-16-17-31-49(48)51-57-58-59-60(51)54(45-24-10-3-11-25-45,46-26-12-4-13-27-46)47-28-14-5-15-29-47/h1-17,20-31,33-36,50,56H,18-19,32,37-40H2,(H,55,62). The van der Waals surface area contributed by atoms with Gasteiger partial charge in [0.1, 0.15) is 24.8 Å². The minimum atomic E-state index is -0.894. The fourth-order valence-corrected chi connectivity index (χ4v) is 8.03. The van der Waals surface area contributed by atoms with Gasteiger partial charge in [-0.2, -0.15) is 0 Å². The lowest BCUT2D eigenvalue weighted by molar-refractivity contribution is -0.147. The molecule has 0 spiro atoms. The second-order valence-electron chi connectivity index (χ2n) is 15.5. The maximum absolute atomic E-state index is 13.5. The number of benzene rings is 7. The van der Waals surface area contributed by atoms with Gasteiger partial charge >= 0.3 is 12.1 Å². The Balaban J connectivity index is 0.990. The molecule has 0 fully saturated rings. The summed E-state index contributed by atoms with van der Waals surface area (Å²) < 4.78 is 13.1. The van der Waals surface area contributed by atoms with Gasteiger partial charge in [0.15, 0.2) is 5.82 Å². The van der Waals surface area contributed by atoms with Crippen LogP contribution in [0, 0.1) is 0 Å². The Morgan fingerprint density at radius 3 is 1.61 bits per heavy atom. The molecule has 64 heavy (non-hydrogen) atoms. The van der Waals surface area contributed by atoms with Gasteiger partial charge < -0.3 is 20.1 Å². The average Bonchev–Trinajstić information content (AvgIpc) is 3.85. The number of amides is 1. The summed E-state index contributed by atoms with van der Waals surface area (Å²) in [7, 11) is 0. The largest absolute Gasteiger partial charge is 0.460 e. The lowest BCUT2D eigenvalue weighted by Crippen LogP contribution is -2.39. The van der Waals surface area contributed by atoms with Crippen molar-refractivity contribution in [1.82, 2.24) is 30.8 Å². The van der Waals surface area contributed by atoms with Crippen molar-refractivity contribution in [3.05, 3.63) is 234 Å². The van der Waals surface area contributed by atoms with E-state index in [1.807, 2.05) is 132 Å². The summed E-state index contributed by atoms with van der Waals surface area (Å²) in [5.41, 5.74) is 7.87. The molecule has 1 atom stereocenters. The monoisotopic (exact) mass is 846 g/mol. The van der Waals surface area contributed by atoms with Gasteiger partial charge in [-0.1, -0.05) is 200 Å². The molecule has 320 valence electrons. The molecular weight excluding hydrogens is 797 g/mol. The molecule has 1 amide bonds. The molecule has 2 N–H and O–H groups in total. The number of ether oxygens (including phenoxy) is 2. The number of nitrogens with zero attached hydrogens (tertiary/aromatic N) is 4. The smallest absolute Gasteiger partial charge is 0.407 e. The molecule has 0 aliphatic carbocycles. The lowest BCUT2D eigenvalue weighted by Gasteiger charge is -2.36. The first kappa shape index (κ1) is 43.0. The molecular formula is C54H50N6O4. The second kappa shape index (κ2) is 21.4. The maximum Gasteiger partial charge on any atom is 0.407 e. The predicted molar refractivity (Wildman–Crippen MR) is 249 cm³/mol. The highest BCUT2D eigenvalue weighted by Crippen LogP contribution is 2.43. The summed E-state index contributed by atoms with van der Waals surface area (Å²) in [5.74, 6) is 0.300. The van der Waals surface area contributed by atoms with Crippen molar-refractivity contribution < 1.29 is 19.1 Å². The van der Waals surface area contributed by atoms with Gasteiger partial charge in [-0.05, 0) is 74.2 Å². The Kier molecular flexibility index (Phi) is 14.4. The van der Waals surface area contributed by atoms with Gasteiger partial charge in [0.05, 0.1) is 0 Å². The average molecular weight is 847 g/mol. The zero-order valence-corrected chi connectivity index (χ0v) is 35.5. The number of carbonyl (C=O) groups excluding carboxylic acids is 2. The van der Waals surface area contributed by atoms with Crippen molar-refractivity contribution in [1.29, 1.82) is 0 Å². The molecule has 7 aromatic carbocycles. The predicted octanol–water partition coefficient (Wildman–Crippen LogP) is 10.1. The van der Waals surface area contributed by atoms with E-state index in [9.17, 15) is 9.59 Å². The van der Waals surface area contributed by atoms with Gasteiger partial charge in [-0.3, -0.25) is 4.79 Å². The molecule has 0 saturated heterocycles. The topological polar surface area (TPSA) is 120 Å². The molecule has 0 bridgehead atoms. The van der Waals surface area contributed by atoms with Crippen LogP contribution in [0.1, 0.15) is 52.6 Å². The van der Waals surface area contributed by atoms with E-state index < -0.39 is 17.7 Å². The van der Waals surface area contributed by atoms with Crippen LogP contribution in [-0.2, 0) is 39.6 Å². The summed E-state index contributed by atoms with van der Waals surface area (Å²) in [5, 5.41) is 20.1. The maximum atomic E-state index is 13.5. The summed E-state index contributed by atoms with van der Waals surface area (Å²) in [6, 6.07) is 66.3. The highest BCUT2D eigenvalue weighted by Gasteiger charge is 2.42. The second-order valence-corrected chi connectivity index (χ2v) is 15.5. The number of hydrogen-bond acceptors (Lipinski definition) is 8. The van der Waals surface area contributed by atoms with Crippen LogP contribution in [0.3, 0.4) is 0 Å². The fourth-order valence-electron chi connectivity index (χ4n) is 8.03. The number of rotatable bonds is 19. The summed E-state index contributed by atoms with van der Waals surface area (Å²) in [6.07, 6.45) is 1.42. The van der Waals surface area contributed by atoms with Crippen LogP contribution in [0.4, 0.5) is 4.79 Å². The van der Waals surface area contributed by atoms with Crippen LogP contribution in [0.25, 0.3) is 22.5 Å². The van der Waals surface area contributed by atoms with Crippen molar-refractivity contribution in [3.63, 3.8) is 0 Å². The van der Waals surface area contributed by atoms with Crippen LogP contribution in [0.2, 0.25) is 0 Å². The Bertz CT molecular complexity index is 2580. The zero-order valence-electron chi connectivity index (χ0n) is 35.5. The summed E-state index contributed by atoms with van der Waals surface area (Å²) in [4.78, 5) is 25.8. The highest BCUT2D eigenvalue weighted by atomic mass is 16.5. The molecule has 0 radical (unpaired) electrons. The first-order valence-corrected chi connectivity index (χ1v) is 21.6. The van der Waals surface area contributed by atoms with Crippen LogP contribution >= 0.6 is 0 Å². The van der Waals surface area contributed by atoms with Crippen LogP contribution in [0.5, 0.6) is 0 Å². The number of nitrogens with one attached hydrogen (secondary N) is 2. The number of hydrogen-bond donors (Lipinski definition) is 2. The van der Waals surface area contributed by atoms with Crippen LogP contribution in [-0.4, -0.2) is 44.9 Å². The van der Waals surface area contributed by atoms with Gasteiger partial charge in [0, 0.05) is 18.7 Å². The minimum absolute atomic E-state index is 0.188. The fraction of sp³-hybridized carbons (Fsp3) is 0.167. The first-order chi connectivity index (χ1) is 31.6. The molecule has 1 unspecified atom stereocenters. The molecule has 10 heteroatoms. The molecule has 10 nitrogen and oxygen atoms in total. The molecule has 8 rings (SSSR count). The van der Waals surface area contributed by atoms with E-state index in [-0.39, 0.29) is 19.2 Å². The number of unbranched alkanes of at least 4 members (excludes halogenated alkanes) is 1. The molecule has 0 saturated carbocycles. The highest BCUT2D eigenvalue weighted by molar-refractivity contribution is 5.81. The van der Waals surface area contributed by atoms with E-state index in [0.717, 1.165) is 50.1 Å². The Morgan fingerprint density at radius 2 is 1.05 bits per heavy atom. The van der Waals surface area contributed by atoms with Crippen molar-refractivity contribution in [3.8, 4) is 22.5 Å². The Labute approximate surface area is 373 Å². The van der Waals surface area contributed by atoms with Crippen molar-refractivity contribution in [2.75, 3.05) is 6.54 Å². The number of esters is 1. The number of aromatic nitrogens is 4. The SMILES string of the molecule is O=C(NCCCCC(NCc1ccc(-c2ccccc2-c2nnnn2C(c2ccccc2)(c2ccccc2)c2ccccc2)cc1)C(=O)OCc1ccccc1)OCc1ccccc1. The normalized spacial score (nSPS) is 11.7.